The first-order chi connectivity index (χ1) is 3.39. The first kappa shape index (κ1) is 12.0. The number of para-hydroxylation sites is 1. The van der Waals surface area contributed by atoms with Gasteiger partial charge in [0.15, 0.2) is 0 Å². The van der Waals surface area contributed by atoms with Gasteiger partial charge in [0.05, 0.1) is 0 Å². The Morgan fingerprint density at radius 2 is 1.44 bits per heavy atom. The number of anilines is 1. The molecule has 0 radical (unpaired) electrons. The van der Waals surface area contributed by atoms with Crippen LogP contribution in [0.3, 0.4) is 0 Å². The minimum atomic E-state index is 0. The number of rotatable bonds is 0. The maximum absolute atomic E-state index is 5.36. The van der Waals surface area contributed by atoms with E-state index in [-0.39, 0.29) is 43.9 Å². The third-order valence-electron chi connectivity index (χ3n) is 0.800. The van der Waals surface area contributed by atoms with Crippen molar-refractivity contribution in [1.29, 1.82) is 0 Å². The smallest absolute Gasteiger partial charge is 0.399 e. The minimum absolute atomic E-state index is 0. The van der Waals surface area contributed by atoms with Crippen LogP contribution < -0.4 is 11.9 Å². The first-order valence-corrected chi connectivity index (χ1v) is 2.20. The second-order valence-electron chi connectivity index (χ2n) is 1.41. The van der Waals surface area contributed by atoms with Crippen LogP contribution in [0.1, 0.15) is 0 Å². The van der Waals surface area contributed by atoms with E-state index in [1.807, 2.05) is 30.3 Å². The monoisotopic (exact) mass is 150 g/mol. The zero-order chi connectivity index (χ0) is 5.11. The Hall–Kier alpha value is 0.240. The molecule has 0 amide bonds. The average Bonchev–Trinajstić information content (AvgIpc) is 1.69. The van der Waals surface area contributed by atoms with Gasteiger partial charge in [-0.1, -0.05) is 18.2 Å². The van der Waals surface area contributed by atoms with E-state index in [4.69, 9.17) is 5.73 Å². The van der Waals surface area contributed by atoms with Gasteiger partial charge in [0.2, 0.25) is 0 Å². The summed E-state index contributed by atoms with van der Waals surface area (Å²) < 4.78 is 0. The van der Waals surface area contributed by atoms with Gasteiger partial charge in [-0.3, -0.25) is 0 Å². The van der Waals surface area contributed by atoms with Crippen molar-refractivity contribution in [1.82, 2.24) is 6.15 Å². The number of nitrogen functional groups attached to an aromatic ring is 1. The Bertz CT molecular complexity index is 141. The maximum atomic E-state index is 5.36. The summed E-state index contributed by atoms with van der Waals surface area (Å²) in [6.07, 6.45) is 0. The van der Waals surface area contributed by atoms with E-state index >= 15 is 0 Å². The molecule has 1 rings (SSSR count). The summed E-state index contributed by atoms with van der Waals surface area (Å²) in [5.74, 6) is 0. The Morgan fingerprint density at radius 3 is 1.67 bits per heavy atom. The second-order valence-corrected chi connectivity index (χ2v) is 1.41. The van der Waals surface area contributed by atoms with Gasteiger partial charge in [-0.15, -0.1) is 0 Å². The summed E-state index contributed by atoms with van der Waals surface area (Å²) in [5, 5.41) is 0. The molecular weight excluding hydrogens is 140 g/mol. The standard InChI is InChI=1S/C6H7N.Ca.H3N/c7-6-4-2-1-3-5-6;;/h1-5H,7H2;;1H3/q;+2;. The molecule has 0 aliphatic heterocycles. The second kappa shape index (κ2) is 6.36. The summed E-state index contributed by atoms with van der Waals surface area (Å²) in [7, 11) is 0. The molecule has 0 saturated heterocycles. The van der Waals surface area contributed by atoms with Crippen LogP contribution in [0, 0.1) is 0 Å². The van der Waals surface area contributed by atoms with Crippen molar-refractivity contribution in [2.45, 2.75) is 0 Å². The Balaban J connectivity index is 0. The molecule has 0 heterocycles. The molecule has 0 aliphatic carbocycles. The Labute approximate surface area is 85.0 Å². The molecule has 44 valence electrons. The van der Waals surface area contributed by atoms with Gasteiger partial charge in [0.1, 0.15) is 0 Å². The van der Waals surface area contributed by atoms with E-state index in [1.54, 1.807) is 0 Å². The molecule has 2 nitrogen and oxygen atoms in total. The fraction of sp³-hybridized carbons (Fsp3) is 0. The predicted octanol–water partition coefficient (Wildman–Crippen LogP) is 1.05. The van der Waals surface area contributed by atoms with Crippen molar-refractivity contribution in [3.05, 3.63) is 30.3 Å². The fourth-order valence-electron chi connectivity index (χ4n) is 0.453. The van der Waals surface area contributed by atoms with E-state index in [0.717, 1.165) is 5.69 Å². The van der Waals surface area contributed by atoms with E-state index in [1.165, 1.54) is 0 Å². The molecule has 3 heteroatoms. The van der Waals surface area contributed by atoms with Crippen LogP contribution in [0.4, 0.5) is 5.69 Å². The predicted molar refractivity (Wildman–Crippen MR) is 41.6 cm³/mol. The normalized spacial score (nSPS) is 6.67. The average molecular weight is 150 g/mol. The quantitative estimate of drug-likeness (QED) is 0.429. The molecule has 0 aromatic heterocycles. The third-order valence-corrected chi connectivity index (χ3v) is 0.800. The summed E-state index contributed by atoms with van der Waals surface area (Å²) in [4.78, 5) is 0. The van der Waals surface area contributed by atoms with Gasteiger partial charge in [-0.2, -0.15) is 0 Å². The van der Waals surface area contributed by atoms with E-state index in [9.17, 15) is 0 Å². The zero-order valence-electron chi connectivity index (χ0n) is 5.38. The molecule has 5 N–H and O–H groups in total. The van der Waals surface area contributed by atoms with Crippen molar-refractivity contribution in [3.8, 4) is 0 Å². The molecule has 0 spiro atoms. The number of hydrogen-bond acceptors (Lipinski definition) is 2. The third kappa shape index (κ3) is 4.73. The molecule has 0 unspecified atom stereocenters. The molecule has 0 fully saturated rings. The van der Waals surface area contributed by atoms with Crippen LogP contribution in [-0.4, -0.2) is 37.7 Å². The Morgan fingerprint density at radius 1 is 1.00 bits per heavy atom. The van der Waals surface area contributed by atoms with Crippen LogP contribution in [0.5, 0.6) is 0 Å². The van der Waals surface area contributed by atoms with E-state index < -0.39 is 0 Å². The zero-order valence-corrected chi connectivity index (χ0v) is 7.59. The van der Waals surface area contributed by atoms with Crippen LogP contribution in [-0.2, 0) is 0 Å². The van der Waals surface area contributed by atoms with Crippen molar-refractivity contribution in [3.63, 3.8) is 0 Å². The fourth-order valence-corrected chi connectivity index (χ4v) is 0.453. The summed E-state index contributed by atoms with van der Waals surface area (Å²) in [6.45, 7) is 0. The molecule has 0 bridgehead atoms. The van der Waals surface area contributed by atoms with E-state index in [2.05, 4.69) is 0 Å². The maximum Gasteiger partial charge on any atom is 2.00 e. The van der Waals surface area contributed by atoms with Gasteiger partial charge in [0.25, 0.3) is 0 Å². The SMILES string of the molecule is N.Nc1ccccc1.[Ca+2]. The van der Waals surface area contributed by atoms with Crippen LogP contribution in [0.15, 0.2) is 30.3 Å². The number of hydrogen-bond donors (Lipinski definition) is 2. The van der Waals surface area contributed by atoms with E-state index in [0.29, 0.717) is 0 Å². The largest absolute Gasteiger partial charge is 2.00 e. The first-order valence-electron chi connectivity index (χ1n) is 2.20. The minimum Gasteiger partial charge on any atom is -0.399 e. The summed E-state index contributed by atoms with van der Waals surface area (Å²) >= 11 is 0. The topological polar surface area (TPSA) is 61.0 Å². The van der Waals surface area contributed by atoms with Crippen LogP contribution in [0.2, 0.25) is 0 Å². The number of benzene rings is 1. The van der Waals surface area contributed by atoms with Gasteiger partial charge in [-0.05, 0) is 12.1 Å². The Kier molecular flexibility index (Phi) is 8.46. The molecular formula is C6H10CaN2+2. The molecule has 0 atom stereocenters. The molecule has 0 aliphatic rings. The summed E-state index contributed by atoms with van der Waals surface area (Å²) in [5.41, 5.74) is 6.18. The van der Waals surface area contributed by atoms with Gasteiger partial charge < -0.3 is 11.9 Å². The van der Waals surface area contributed by atoms with Crippen molar-refractivity contribution in [2.24, 2.45) is 0 Å². The molecule has 9 heavy (non-hydrogen) atoms. The molecule has 1 aromatic rings. The summed E-state index contributed by atoms with van der Waals surface area (Å²) in [6, 6.07) is 9.49. The van der Waals surface area contributed by atoms with Gasteiger partial charge in [0, 0.05) is 5.69 Å². The van der Waals surface area contributed by atoms with Crippen molar-refractivity contribution < 1.29 is 0 Å². The van der Waals surface area contributed by atoms with Crippen LogP contribution in [0.25, 0.3) is 0 Å². The molecule has 1 aromatic carbocycles. The van der Waals surface area contributed by atoms with Gasteiger partial charge in [-0.25, -0.2) is 0 Å². The molecule has 0 saturated carbocycles. The van der Waals surface area contributed by atoms with Crippen LogP contribution >= 0.6 is 0 Å². The number of nitrogens with two attached hydrogens (primary N) is 1. The van der Waals surface area contributed by atoms with Crippen molar-refractivity contribution >= 4 is 43.4 Å². The van der Waals surface area contributed by atoms with Gasteiger partial charge >= 0.3 is 37.7 Å². The van der Waals surface area contributed by atoms with Crippen molar-refractivity contribution in [2.75, 3.05) is 5.73 Å².